The number of nitrogens with zero attached hydrogens (tertiary/aromatic N) is 2. The monoisotopic (exact) mass is 326 g/mol. The van der Waals surface area contributed by atoms with Crippen LogP contribution in [0.5, 0.6) is 11.5 Å². The van der Waals surface area contributed by atoms with Gasteiger partial charge in [-0.05, 0) is 43.5 Å². The van der Waals surface area contributed by atoms with Crippen molar-refractivity contribution in [2.24, 2.45) is 0 Å². The van der Waals surface area contributed by atoms with Crippen LogP contribution in [-0.4, -0.2) is 24.9 Å². The summed E-state index contributed by atoms with van der Waals surface area (Å²) in [4.78, 5) is 7.04. The van der Waals surface area contributed by atoms with Gasteiger partial charge in [0.1, 0.15) is 18.9 Å². The van der Waals surface area contributed by atoms with Crippen LogP contribution in [0, 0.1) is 0 Å². The maximum absolute atomic E-state index is 5.56. The van der Waals surface area contributed by atoms with Gasteiger partial charge < -0.3 is 19.7 Å². The van der Waals surface area contributed by atoms with E-state index in [0.717, 1.165) is 43.5 Å². The highest BCUT2D eigenvalue weighted by Crippen LogP contribution is 2.34. The third-order valence-electron chi connectivity index (χ3n) is 4.71. The van der Waals surface area contributed by atoms with Gasteiger partial charge >= 0.3 is 0 Å². The summed E-state index contributed by atoms with van der Waals surface area (Å²) < 4.78 is 11.0. The van der Waals surface area contributed by atoms with Crippen molar-refractivity contribution in [1.29, 1.82) is 0 Å². The number of anilines is 1. The SMILES string of the molecule is c1cc(C[NH2+]Cc2ccc(N3CCCCC3)nc2)c2c(c1)OCO2. The number of hydrogen-bond acceptors (Lipinski definition) is 4. The summed E-state index contributed by atoms with van der Waals surface area (Å²) in [6.07, 6.45) is 5.92. The zero-order chi connectivity index (χ0) is 16.2. The number of piperidine rings is 1. The van der Waals surface area contributed by atoms with Crippen molar-refractivity contribution in [1.82, 2.24) is 4.98 Å². The molecule has 1 aromatic heterocycles. The molecule has 126 valence electrons. The topological polar surface area (TPSA) is 51.2 Å². The Morgan fingerprint density at radius 2 is 1.92 bits per heavy atom. The van der Waals surface area contributed by atoms with Crippen molar-refractivity contribution in [2.75, 3.05) is 24.8 Å². The number of ether oxygens (including phenoxy) is 2. The van der Waals surface area contributed by atoms with Gasteiger partial charge in [0, 0.05) is 24.8 Å². The maximum atomic E-state index is 5.56. The van der Waals surface area contributed by atoms with Crippen molar-refractivity contribution in [3.63, 3.8) is 0 Å². The van der Waals surface area contributed by atoms with E-state index in [0.29, 0.717) is 6.79 Å². The molecule has 3 heterocycles. The van der Waals surface area contributed by atoms with Crippen LogP contribution in [0.1, 0.15) is 30.4 Å². The highest BCUT2D eigenvalue weighted by atomic mass is 16.7. The average Bonchev–Trinajstić information content (AvgIpc) is 3.13. The van der Waals surface area contributed by atoms with Gasteiger partial charge in [0.2, 0.25) is 6.79 Å². The van der Waals surface area contributed by atoms with Crippen LogP contribution in [0.2, 0.25) is 0 Å². The van der Waals surface area contributed by atoms with Crippen molar-refractivity contribution in [3.8, 4) is 11.5 Å². The molecule has 4 rings (SSSR count). The standard InChI is InChI=1S/C19H23N3O2/c1-2-9-22(10-3-1)18-8-7-15(12-21-18)11-20-13-16-5-4-6-17-19(16)24-14-23-17/h4-8,12,20H,1-3,9-11,13-14H2/p+1. The molecule has 2 N–H and O–H groups in total. The van der Waals surface area contributed by atoms with E-state index < -0.39 is 0 Å². The minimum absolute atomic E-state index is 0.328. The van der Waals surface area contributed by atoms with Crippen LogP contribution in [0.3, 0.4) is 0 Å². The summed E-state index contributed by atoms with van der Waals surface area (Å²) in [7, 11) is 0. The zero-order valence-electron chi connectivity index (χ0n) is 13.9. The van der Waals surface area contributed by atoms with Crippen molar-refractivity contribution < 1.29 is 14.8 Å². The van der Waals surface area contributed by atoms with Crippen molar-refractivity contribution >= 4 is 5.82 Å². The summed E-state index contributed by atoms with van der Waals surface area (Å²) in [6.45, 7) is 4.39. The molecule has 0 atom stereocenters. The molecular formula is C19H24N3O2+. The fourth-order valence-corrected chi connectivity index (χ4v) is 3.39. The lowest BCUT2D eigenvalue weighted by Gasteiger charge is -2.27. The highest BCUT2D eigenvalue weighted by molar-refractivity contribution is 5.47. The Hall–Kier alpha value is -2.27. The molecule has 1 fully saturated rings. The minimum Gasteiger partial charge on any atom is -0.454 e. The molecule has 0 unspecified atom stereocenters. The van der Waals surface area contributed by atoms with Gasteiger partial charge in [0.15, 0.2) is 11.5 Å². The first-order valence-corrected chi connectivity index (χ1v) is 8.79. The van der Waals surface area contributed by atoms with Gasteiger partial charge in [-0.2, -0.15) is 0 Å². The zero-order valence-corrected chi connectivity index (χ0v) is 13.9. The van der Waals surface area contributed by atoms with E-state index in [2.05, 4.69) is 33.4 Å². The molecule has 1 saturated heterocycles. The van der Waals surface area contributed by atoms with Crippen molar-refractivity contribution in [3.05, 3.63) is 47.7 Å². The van der Waals surface area contributed by atoms with E-state index in [1.807, 2.05) is 18.3 Å². The Labute approximate surface area is 142 Å². The number of nitrogens with two attached hydrogens (primary N) is 1. The van der Waals surface area contributed by atoms with Gasteiger partial charge in [0.25, 0.3) is 0 Å². The number of quaternary nitrogens is 1. The first-order valence-electron chi connectivity index (χ1n) is 8.79. The molecule has 0 radical (unpaired) electrons. The fourth-order valence-electron chi connectivity index (χ4n) is 3.39. The first kappa shape index (κ1) is 15.3. The molecule has 0 bridgehead atoms. The Balaban J connectivity index is 1.32. The maximum Gasteiger partial charge on any atom is 0.231 e. The van der Waals surface area contributed by atoms with Gasteiger partial charge in [-0.3, -0.25) is 0 Å². The number of hydrogen-bond donors (Lipinski definition) is 1. The van der Waals surface area contributed by atoms with Crippen LogP contribution in [0.25, 0.3) is 0 Å². The van der Waals surface area contributed by atoms with E-state index in [-0.39, 0.29) is 0 Å². The smallest absolute Gasteiger partial charge is 0.231 e. The second-order valence-electron chi connectivity index (χ2n) is 6.42. The van der Waals surface area contributed by atoms with Gasteiger partial charge in [-0.15, -0.1) is 0 Å². The largest absolute Gasteiger partial charge is 0.454 e. The van der Waals surface area contributed by atoms with E-state index in [9.17, 15) is 0 Å². The normalized spacial score (nSPS) is 16.4. The number of para-hydroxylation sites is 1. The number of aromatic nitrogens is 1. The van der Waals surface area contributed by atoms with Gasteiger partial charge in [-0.25, -0.2) is 4.98 Å². The number of rotatable bonds is 5. The Bertz CT molecular complexity index is 682. The summed E-state index contributed by atoms with van der Waals surface area (Å²) >= 11 is 0. The summed E-state index contributed by atoms with van der Waals surface area (Å²) in [5.74, 6) is 2.87. The third kappa shape index (κ3) is 3.31. The molecule has 0 spiro atoms. The van der Waals surface area contributed by atoms with Crippen LogP contribution in [-0.2, 0) is 13.1 Å². The highest BCUT2D eigenvalue weighted by Gasteiger charge is 2.18. The van der Waals surface area contributed by atoms with E-state index in [1.165, 1.54) is 30.4 Å². The number of fused-ring (bicyclic) bond motifs is 1. The molecule has 2 aliphatic rings. The van der Waals surface area contributed by atoms with Gasteiger partial charge in [0.05, 0.1) is 5.56 Å². The lowest BCUT2D eigenvalue weighted by molar-refractivity contribution is -0.686. The van der Waals surface area contributed by atoms with Gasteiger partial charge in [-0.1, -0.05) is 6.07 Å². The average molecular weight is 326 g/mol. The lowest BCUT2D eigenvalue weighted by atomic mass is 10.1. The Kier molecular flexibility index (Phi) is 4.51. The fraction of sp³-hybridized carbons (Fsp3) is 0.421. The van der Waals surface area contributed by atoms with E-state index in [4.69, 9.17) is 9.47 Å². The molecule has 2 aliphatic heterocycles. The van der Waals surface area contributed by atoms with E-state index in [1.54, 1.807) is 0 Å². The summed E-state index contributed by atoms with van der Waals surface area (Å²) in [6, 6.07) is 10.4. The Morgan fingerprint density at radius 3 is 2.75 bits per heavy atom. The Morgan fingerprint density at radius 1 is 1.00 bits per heavy atom. The quantitative estimate of drug-likeness (QED) is 0.914. The molecule has 5 heteroatoms. The molecule has 0 saturated carbocycles. The lowest BCUT2D eigenvalue weighted by Crippen LogP contribution is -2.80. The van der Waals surface area contributed by atoms with E-state index >= 15 is 0 Å². The first-order chi connectivity index (χ1) is 11.9. The van der Waals surface area contributed by atoms with Crippen LogP contribution in [0.15, 0.2) is 36.5 Å². The predicted octanol–water partition coefficient (Wildman–Crippen LogP) is 2.06. The summed E-state index contributed by atoms with van der Waals surface area (Å²) in [5, 5.41) is 2.27. The number of pyridine rings is 1. The molecule has 0 aliphatic carbocycles. The molecule has 0 amide bonds. The summed E-state index contributed by atoms with van der Waals surface area (Å²) in [5.41, 5.74) is 2.43. The second kappa shape index (κ2) is 7.09. The van der Waals surface area contributed by atoms with Crippen LogP contribution >= 0.6 is 0 Å². The minimum atomic E-state index is 0.328. The molecule has 24 heavy (non-hydrogen) atoms. The van der Waals surface area contributed by atoms with Crippen molar-refractivity contribution in [2.45, 2.75) is 32.4 Å². The second-order valence-corrected chi connectivity index (χ2v) is 6.42. The molecule has 2 aromatic rings. The number of benzene rings is 1. The molecule has 1 aromatic carbocycles. The third-order valence-corrected chi connectivity index (χ3v) is 4.71. The molecular weight excluding hydrogens is 302 g/mol. The predicted molar refractivity (Wildman–Crippen MR) is 92.2 cm³/mol. The van der Waals surface area contributed by atoms with Crippen LogP contribution in [0.4, 0.5) is 5.82 Å². The molecule has 5 nitrogen and oxygen atoms in total. The van der Waals surface area contributed by atoms with Crippen LogP contribution < -0.4 is 19.7 Å².